The molecule has 2 heterocycles. The van der Waals surface area contributed by atoms with E-state index >= 15 is 0 Å². The summed E-state index contributed by atoms with van der Waals surface area (Å²) in [6.07, 6.45) is 2.51. The van der Waals surface area contributed by atoms with Gasteiger partial charge < -0.3 is 10.2 Å². The van der Waals surface area contributed by atoms with Gasteiger partial charge in [-0.05, 0) is 33.9 Å². The molecule has 2 aromatic heterocycles. The van der Waals surface area contributed by atoms with Crippen molar-refractivity contribution in [1.82, 2.24) is 24.5 Å². The van der Waals surface area contributed by atoms with Gasteiger partial charge in [-0.2, -0.15) is 5.10 Å². The Bertz CT molecular complexity index is 587. The first-order valence-electron chi connectivity index (χ1n) is 6.45. The standard InChI is InChI=1S/C12H20N6O/c1-9(2)17(3)6-4-5-13-10-7-11-15-16-12(19)18(11)8-14-10/h7-9,13H,4-6H2,1-3H3,(H,16,19). The molecule has 7 nitrogen and oxygen atoms in total. The highest BCUT2D eigenvalue weighted by Crippen LogP contribution is 2.04. The summed E-state index contributed by atoms with van der Waals surface area (Å²) in [4.78, 5) is 17.7. The summed E-state index contributed by atoms with van der Waals surface area (Å²) in [5.41, 5.74) is 0.300. The normalized spacial score (nSPS) is 11.6. The highest BCUT2D eigenvalue weighted by Gasteiger charge is 2.03. The first-order chi connectivity index (χ1) is 9.08. The van der Waals surface area contributed by atoms with Crippen LogP contribution in [-0.2, 0) is 0 Å². The fourth-order valence-electron chi connectivity index (χ4n) is 1.71. The maximum atomic E-state index is 11.3. The molecule has 0 saturated heterocycles. The Labute approximate surface area is 111 Å². The number of nitrogens with zero attached hydrogens (tertiary/aromatic N) is 4. The molecule has 0 unspecified atom stereocenters. The molecule has 0 radical (unpaired) electrons. The molecule has 19 heavy (non-hydrogen) atoms. The van der Waals surface area contributed by atoms with E-state index in [9.17, 15) is 4.79 Å². The summed E-state index contributed by atoms with van der Waals surface area (Å²) in [6.45, 7) is 6.24. The molecule has 0 amide bonds. The Kier molecular flexibility index (Phi) is 4.16. The summed E-state index contributed by atoms with van der Waals surface area (Å²) in [5, 5.41) is 9.51. The van der Waals surface area contributed by atoms with Crippen LogP contribution in [0, 0.1) is 0 Å². The van der Waals surface area contributed by atoms with Crippen LogP contribution in [0.5, 0.6) is 0 Å². The zero-order valence-electron chi connectivity index (χ0n) is 11.6. The number of fused-ring (bicyclic) bond motifs is 1. The molecule has 0 saturated carbocycles. The zero-order chi connectivity index (χ0) is 13.8. The minimum atomic E-state index is -0.271. The van der Waals surface area contributed by atoms with Crippen LogP contribution in [-0.4, -0.2) is 50.7 Å². The van der Waals surface area contributed by atoms with Crippen molar-refractivity contribution in [3.63, 3.8) is 0 Å². The van der Waals surface area contributed by atoms with Gasteiger partial charge in [0.15, 0.2) is 5.65 Å². The second-order valence-corrected chi connectivity index (χ2v) is 4.89. The van der Waals surface area contributed by atoms with E-state index in [0.717, 1.165) is 25.3 Å². The smallest absolute Gasteiger partial charge is 0.348 e. The monoisotopic (exact) mass is 264 g/mol. The third-order valence-electron chi connectivity index (χ3n) is 3.19. The van der Waals surface area contributed by atoms with E-state index in [0.29, 0.717) is 11.7 Å². The van der Waals surface area contributed by atoms with Crippen LogP contribution >= 0.6 is 0 Å². The van der Waals surface area contributed by atoms with Crippen molar-refractivity contribution in [2.24, 2.45) is 0 Å². The fraction of sp³-hybridized carbons (Fsp3) is 0.583. The minimum Gasteiger partial charge on any atom is -0.370 e. The zero-order valence-corrected chi connectivity index (χ0v) is 11.6. The van der Waals surface area contributed by atoms with Crippen molar-refractivity contribution < 1.29 is 0 Å². The second-order valence-electron chi connectivity index (χ2n) is 4.89. The van der Waals surface area contributed by atoms with Crippen molar-refractivity contribution >= 4 is 11.5 Å². The lowest BCUT2D eigenvalue weighted by Crippen LogP contribution is -2.28. The molecule has 0 aliphatic rings. The van der Waals surface area contributed by atoms with Crippen molar-refractivity contribution in [2.45, 2.75) is 26.3 Å². The molecule has 2 aromatic rings. The molecule has 0 aliphatic heterocycles. The third kappa shape index (κ3) is 3.31. The van der Waals surface area contributed by atoms with Crippen LogP contribution in [0.3, 0.4) is 0 Å². The largest absolute Gasteiger partial charge is 0.370 e. The Balaban J connectivity index is 1.86. The molecule has 0 atom stereocenters. The molecule has 7 heteroatoms. The number of H-pyrrole nitrogens is 1. The Hall–Kier alpha value is -1.89. The number of rotatable bonds is 6. The lowest BCUT2D eigenvalue weighted by Gasteiger charge is -2.20. The van der Waals surface area contributed by atoms with Crippen molar-refractivity contribution in [2.75, 3.05) is 25.5 Å². The summed E-state index contributed by atoms with van der Waals surface area (Å²) < 4.78 is 1.37. The van der Waals surface area contributed by atoms with Crippen molar-refractivity contribution in [3.8, 4) is 0 Å². The van der Waals surface area contributed by atoms with Gasteiger partial charge in [0.05, 0.1) is 0 Å². The first-order valence-corrected chi connectivity index (χ1v) is 6.45. The molecule has 104 valence electrons. The van der Waals surface area contributed by atoms with Gasteiger partial charge in [-0.1, -0.05) is 0 Å². The number of hydrogen-bond donors (Lipinski definition) is 2. The average molecular weight is 264 g/mol. The van der Waals surface area contributed by atoms with Crippen molar-refractivity contribution in [3.05, 3.63) is 22.9 Å². The predicted octanol–water partition coefficient (Wildman–Crippen LogP) is 0.560. The van der Waals surface area contributed by atoms with E-state index in [1.807, 2.05) is 0 Å². The van der Waals surface area contributed by atoms with Gasteiger partial charge >= 0.3 is 5.69 Å². The molecule has 0 aromatic carbocycles. The summed E-state index contributed by atoms with van der Waals surface area (Å²) >= 11 is 0. The Morgan fingerprint density at radius 3 is 3.05 bits per heavy atom. The topological polar surface area (TPSA) is 78.3 Å². The van der Waals surface area contributed by atoms with Gasteiger partial charge in [-0.25, -0.2) is 19.3 Å². The van der Waals surface area contributed by atoms with Gasteiger partial charge in [0, 0.05) is 18.7 Å². The lowest BCUT2D eigenvalue weighted by molar-refractivity contribution is 0.273. The highest BCUT2D eigenvalue weighted by atomic mass is 16.1. The molecular formula is C12H20N6O. The van der Waals surface area contributed by atoms with E-state index in [1.54, 1.807) is 6.07 Å². The number of hydrogen-bond acceptors (Lipinski definition) is 5. The van der Waals surface area contributed by atoms with E-state index in [2.05, 4.69) is 46.3 Å². The van der Waals surface area contributed by atoms with E-state index in [4.69, 9.17) is 0 Å². The molecule has 0 fully saturated rings. The second kappa shape index (κ2) is 5.83. The van der Waals surface area contributed by atoms with E-state index in [-0.39, 0.29) is 5.69 Å². The minimum absolute atomic E-state index is 0.271. The maximum Gasteiger partial charge on any atom is 0.348 e. The Morgan fingerprint density at radius 2 is 2.32 bits per heavy atom. The Morgan fingerprint density at radius 1 is 1.53 bits per heavy atom. The SMILES string of the molecule is CC(C)N(C)CCCNc1cc2n[nH]c(=O)n2cn1. The van der Waals surface area contributed by atoms with Crippen LogP contribution in [0.2, 0.25) is 0 Å². The summed E-state index contributed by atoms with van der Waals surface area (Å²) in [7, 11) is 2.12. The van der Waals surface area contributed by atoms with Crippen LogP contribution in [0.4, 0.5) is 5.82 Å². The third-order valence-corrected chi connectivity index (χ3v) is 3.19. The fourth-order valence-corrected chi connectivity index (χ4v) is 1.71. The van der Waals surface area contributed by atoms with Crippen LogP contribution in [0.15, 0.2) is 17.2 Å². The first kappa shape index (κ1) is 13.5. The number of nitrogens with one attached hydrogen (secondary N) is 2. The molecule has 2 N–H and O–H groups in total. The number of anilines is 1. The quantitative estimate of drug-likeness (QED) is 0.745. The molecular weight excluding hydrogens is 244 g/mol. The molecule has 2 rings (SSSR count). The number of aromatic amines is 1. The van der Waals surface area contributed by atoms with Gasteiger partial charge in [-0.15, -0.1) is 0 Å². The van der Waals surface area contributed by atoms with Crippen LogP contribution in [0.25, 0.3) is 5.65 Å². The summed E-state index contributed by atoms with van der Waals surface area (Å²) in [5.74, 6) is 0.735. The van der Waals surface area contributed by atoms with Crippen molar-refractivity contribution in [1.29, 1.82) is 0 Å². The summed E-state index contributed by atoms with van der Waals surface area (Å²) in [6, 6.07) is 2.31. The number of aromatic nitrogens is 4. The van der Waals surface area contributed by atoms with Crippen LogP contribution < -0.4 is 11.0 Å². The van der Waals surface area contributed by atoms with E-state index in [1.165, 1.54) is 10.7 Å². The van der Waals surface area contributed by atoms with E-state index < -0.39 is 0 Å². The van der Waals surface area contributed by atoms with Gasteiger partial charge in [0.25, 0.3) is 0 Å². The average Bonchev–Trinajstić information content (AvgIpc) is 2.75. The van der Waals surface area contributed by atoms with Gasteiger partial charge in [0.2, 0.25) is 0 Å². The highest BCUT2D eigenvalue weighted by molar-refractivity contribution is 5.48. The molecule has 0 aliphatic carbocycles. The van der Waals surface area contributed by atoms with Crippen LogP contribution in [0.1, 0.15) is 20.3 Å². The van der Waals surface area contributed by atoms with Gasteiger partial charge in [0.1, 0.15) is 12.1 Å². The maximum absolute atomic E-state index is 11.3. The molecule has 0 spiro atoms. The predicted molar refractivity (Wildman–Crippen MR) is 74.5 cm³/mol. The van der Waals surface area contributed by atoms with Gasteiger partial charge in [-0.3, -0.25) is 0 Å². The molecule has 0 bridgehead atoms. The lowest BCUT2D eigenvalue weighted by atomic mass is 10.3.